The summed E-state index contributed by atoms with van der Waals surface area (Å²) in [4.78, 5) is 24.4. The molecular formula is C19H17NO3. The number of ketones is 1. The topological polar surface area (TPSA) is 67.2 Å². The molecular weight excluding hydrogens is 290 g/mol. The molecule has 23 heavy (non-hydrogen) atoms. The number of nitrogens with zero attached hydrogens (tertiary/aromatic N) is 1. The van der Waals surface area contributed by atoms with Gasteiger partial charge in [-0.1, -0.05) is 37.3 Å². The summed E-state index contributed by atoms with van der Waals surface area (Å²) in [5.41, 5.74) is 2.27. The highest BCUT2D eigenvalue weighted by Crippen LogP contribution is 2.12. The molecule has 2 aromatic rings. The van der Waals surface area contributed by atoms with Gasteiger partial charge in [0.2, 0.25) is 5.78 Å². The van der Waals surface area contributed by atoms with E-state index in [2.05, 4.69) is 0 Å². The fourth-order valence-corrected chi connectivity index (χ4v) is 2.14. The van der Waals surface area contributed by atoms with E-state index >= 15 is 0 Å². The van der Waals surface area contributed by atoms with Gasteiger partial charge in [-0.3, -0.25) is 4.79 Å². The van der Waals surface area contributed by atoms with Crippen LogP contribution >= 0.6 is 0 Å². The average molecular weight is 307 g/mol. The van der Waals surface area contributed by atoms with Crippen molar-refractivity contribution in [3.05, 3.63) is 70.8 Å². The van der Waals surface area contributed by atoms with Crippen molar-refractivity contribution in [3.8, 4) is 6.07 Å². The van der Waals surface area contributed by atoms with Crippen molar-refractivity contribution in [2.75, 3.05) is 0 Å². The molecule has 0 saturated heterocycles. The second-order valence-corrected chi connectivity index (χ2v) is 5.15. The van der Waals surface area contributed by atoms with Gasteiger partial charge in [-0.2, -0.15) is 5.26 Å². The second-order valence-electron chi connectivity index (χ2n) is 5.15. The van der Waals surface area contributed by atoms with E-state index in [9.17, 15) is 9.59 Å². The molecule has 0 saturated carbocycles. The molecule has 2 rings (SSSR count). The Bertz CT molecular complexity index is 757. The fourth-order valence-electron chi connectivity index (χ4n) is 2.14. The summed E-state index contributed by atoms with van der Waals surface area (Å²) in [5.74, 6) is -0.870. The van der Waals surface area contributed by atoms with E-state index < -0.39 is 12.1 Å². The first kappa shape index (κ1) is 16.4. The average Bonchev–Trinajstić information content (AvgIpc) is 2.61. The molecule has 0 spiro atoms. The van der Waals surface area contributed by atoms with E-state index in [0.717, 1.165) is 12.0 Å². The van der Waals surface area contributed by atoms with Gasteiger partial charge in [-0.05, 0) is 37.1 Å². The molecule has 0 aliphatic heterocycles. The van der Waals surface area contributed by atoms with E-state index in [1.165, 1.54) is 6.07 Å². The molecule has 0 fully saturated rings. The Balaban J connectivity index is 2.07. The monoisotopic (exact) mass is 307 g/mol. The molecule has 0 N–H and O–H groups in total. The van der Waals surface area contributed by atoms with E-state index in [-0.39, 0.29) is 11.3 Å². The minimum atomic E-state index is -0.888. The number of benzene rings is 2. The van der Waals surface area contributed by atoms with E-state index in [1.54, 1.807) is 37.3 Å². The predicted molar refractivity (Wildman–Crippen MR) is 86.2 cm³/mol. The quantitative estimate of drug-likeness (QED) is 0.626. The van der Waals surface area contributed by atoms with Gasteiger partial charge in [0, 0.05) is 5.56 Å². The lowest BCUT2D eigenvalue weighted by Crippen LogP contribution is -2.24. The Labute approximate surface area is 135 Å². The fraction of sp³-hybridized carbons (Fsp3) is 0.211. The van der Waals surface area contributed by atoms with Crippen LogP contribution < -0.4 is 0 Å². The highest BCUT2D eigenvalue weighted by Gasteiger charge is 2.20. The van der Waals surface area contributed by atoms with E-state index in [1.807, 2.05) is 25.1 Å². The van der Waals surface area contributed by atoms with Gasteiger partial charge in [0.25, 0.3) is 0 Å². The van der Waals surface area contributed by atoms with Gasteiger partial charge >= 0.3 is 5.97 Å². The molecule has 0 radical (unpaired) electrons. The Morgan fingerprint density at radius 1 is 1.13 bits per heavy atom. The van der Waals surface area contributed by atoms with Crippen molar-refractivity contribution in [2.45, 2.75) is 26.4 Å². The third-order valence-electron chi connectivity index (χ3n) is 3.53. The van der Waals surface area contributed by atoms with Crippen molar-refractivity contribution >= 4 is 11.8 Å². The van der Waals surface area contributed by atoms with Crippen molar-refractivity contribution in [1.82, 2.24) is 0 Å². The third-order valence-corrected chi connectivity index (χ3v) is 3.53. The number of esters is 1. The minimum absolute atomic E-state index is 0.252. The summed E-state index contributed by atoms with van der Waals surface area (Å²) in [6.07, 6.45) is 0.00884. The molecule has 0 aliphatic carbocycles. The van der Waals surface area contributed by atoms with Gasteiger partial charge in [0.1, 0.15) is 0 Å². The molecule has 0 amide bonds. The lowest BCUT2D eigenvalue weighted by molar-refractivity contribution is 0.0319. The summed E-state index contributed by atoms with van der Waals surface area (Å²) in [5, 5.41) is 8.85. The standard InChI is InChI=1S/C19H17NO3/c1-3-14-7-9-16(10-8-14)18(21)13(2)23-19(22)17-6-4-5-15(11-17)12-20/h4-11,13H,3H2,1-2H3/t13-/m1/s1. The summed E-state index contributed by atoms with van der Waals surface area (Å²) in [6, 6.07) is 15.4. The largest absolute Gasteiger partial charge is 0.451 e. The molecule has 2 aromatic carbocycles. The first-order valence-corrected chi connectivity index (χ1v) is 7.39. The van der Waals surface area contributed by atoms with Gasteiger partial charge in [-0.25, -0.2) is 4.79 Å². The molecule has 0 aliphatic rings. The predicted octanol–water partition coefficient (Wildman–Crippen LogP) is 3.55. The van der Waals surface area contributed by atoms with Gasteiger partial charge in [-0.15, -0.1) is 0 Å². The van der Waals surface area contributed by atoms with Crippen LogP contribution in [0.2, 0.25) is 0 Å². The minimum Gasteiger partial charge on any atom is -0.451 e. The molecule has 1 atom stereocenters. The zero-order valence-electron chi connectivity index (χ0n) is 13.1. The van der Waals surface area contributed by atoms with Crippen LogP contribution in [0.25, 0.3) is 0 Å². The summed E-state index contributed by atoms with van der Waals surface area (Å²) in [7, 11) is 0. The lowest BCUT2D eigenvalue weighted by atomic mass is 10.0. The zero-order chi connectivity index (χ0) is 16.8. The molecule has 4 nitrogen and oxygen atoms in total. The maximum atomic E-state index is 12.3. The summed E-state index contributed by atoms with van der Waals surface area (Å²) < 4.78 is 5.21. The smallest absolute Gasteiger partial charge is 0.338 e. The number of ether oxygens (including phenoxy) is 1. The first-order valence-electron chi connectivity index (χ1n) is 7.39. The Kier molecular flexibility index (Phi) is 5.27. The van der Waals surface area contributed by atoms with Crippen molar-refractivity contribution in [2.24, 2.45) is 0 Å². The second kappa shape index (κ2) is 7.37. The third kappa shape index (κ3) is 4.04. The molecule has 4 heteroatoms. The van der Waals surface area contributed by atoms with Crippen LogP contribution in [0.15, 0.2) is 48.5 Å². The van der Waals surface area contributed by atoms with E-state index in [4.69, 9.17) is 10.00 Å². The Morgan fingerprint density at radius 2 is 1.83 bits per heavy atom. The number of nitriles is 1. The van der Waals surface area contributed by atoms with Crippen molar-refractivity contribution in [1.29, 1.82) is 5.26 Å². The number of Topliss-reactive ketones (excluding diaryl/α,β-unsaturated/α-hetero) is 1. The Morgan fingerprint density at radius 3 is 2.43 bits per heavy atom. The van der Waals surface area contributed by atoms with Gasteiger partial charge < -0.3 is 4.74 Å². The normalized spacial score (nSPS) is 11.3. The van der Waals surface area contributed by atoms with Crippen LogP contribution in [0.1, 0.15) is 45.7 Å². The Hall–Kier alpha value is -2.93. The number of hydrogen-bond donors (Lipinski definition) is 0. The number of aryl methyl sites for hydroxylation is 1. The molecule has 0 aromatic heterocycles. The van der Waals surface area contributed by atoms with Crippen LogP contribution in [0.3, 0.4) is 0 Å². The number of hydrogen-bond acceptors (Lipinski definition) is 4. The zero-order valence-corrected chi connectivity index (χ0v) is 13.1. The number of carbonyl (C=O) groups is 2. The van der Waals surface area contributed by atoms with Gasteiger partial charge in [0.05, 0.1) is 17.2 Å². The molecule has 0 heterocycles. The number of rotatable bonds is 5. The van der Waals surface area contributed by atoms with Crippen LogP contribution in [0.5, 0.6) is 0 Å². The van der Waals surface area contributed by atoms with Crippen LogP contribution in [0, 0.1) is 11.3 Å². The maximum Gasteiger partial charge on any atom is 0.338 e. The lowest BCUT2D eigenvalue weighted by Gasteiger charge is -2.12. The highest BCUT2D eigenvalue weighted by atomic mass is 16.5. The molecule has 0 unspecified atom stereocenters. The molecule has 116 valence electrons. The maximum absolute atomic E-state index is 12.3. The van der Waals surface area contributed by atoms with Crippen LogP contribution in [-0.2, 0) is 11.2 Å². The van der Waals surface area contributed by atoms with Crippen molar-refractivity contribution < 1.29 is 14.3 Å². The van der Waals surface area contributed by atoms with E-state index in [0.29, 0.717) is 11.1 Å². The van der Waals surface area contributed by atoms with Crippen LogP contribution in [-0.4, -0.2) is 17.9 Å². The SMILES string of the molecule is CCc1ccc(C(=O)[C@@H](C)OC(=O)c2cccc(C#N)c2)cc1. The summed E-state index contributed by atoms with van der Waals surface area (Å²) >= 11 is 0. The highest BCUT2D eigenvalue weighted by molar-refractivity contribution is 6.01. The molecule has 0 bridgehead atoms. The van der Waals surface area contributed by atoms with Gasteiger partial charge in [0.15, 0.2) is 6.10 Å². The van der Waals surface area contributed by atoms with Crippen LogP contribution in [0.4, 0.5) is 0 Å². The summed E-state index contributed by atoms with van der Waals surface area (Å²) in [6.45, 7) is 3.58. The number of carbonyl (C=O) groups excluding carboxylic acids is 2. The first-order chi connectivity index (χ1) is 11.0. The van der Waals surface area contributed by atoms with Crippen molar-refractivity contribution in [3.63, 3.8) is 0 Å².